The van der Waals surface area contributed by atoms with E-state index in [0.717, 1.165) is 12.0 Å². The number of carbonyl (C=O) groups excluding carboxylic acids is 7. The van der Waals surface area contributed by atoms with E-state index >= 15 is 0 Å². The molecule has 1 saturated carbocycles. The molecule has 2 aromatic carbocycles. The minimum atomic E-state index is -1.30. The first kappa shape index (κ1) is 36.3. The van der Waals surface area contributed by atoms with Crippen LogP contribution in [0.5, 0.6) is 5.75 Å². The number of carboxylic acids is 1. The van der Waals surface area contributed by atoms with Crippen LogP contribution >= 0.6 is 0 Å². The topological polar surface area (TPSA) is 261 Å². The number of carbonyl (C=O) groups is 8. The lowest BCUT2D eigenvalue weighted by Crippen LogP contribution is -2.40. The molecule has 2 heterocycles. The van der Waals surface area contributed by atoms with Crippen molar-refractivity contribution < 1.29 is 48.2 Å². The summed E-state index contributed by atoms with van der Waals surface area (Å²) >= 11 is 0. The summed E-state index contributed by atoms with van der Waals surface area (Å²) in [6.45, 7) is -1.99. The van der Waals surface area contributed by atoms with Gasteiger partial charge in [-0.05, 0) is 30.2 Å². The number of nitrogens with zero attached hydrogens (tertiary/aromatic N) is 2. The zero-order valence-electron chi connectivity index (χ0n) is 27.7. The summed E-state index contributed by atoms with van der Waals surface area (Å²) in [5.41, 5.74) is 12.1. The van der Waals surface area contributed by atoms with E-state index in [9.17, 15) is 38.4 Å². The molecule has 17 heteroatoms. The maximum Gasteiger partial charge on any atom is 0.322 e. The first-order valence-electron chi connectivity index (χ1n) is 16.3. The van der Waals surface area contributed by atoms with Gasteiger partial charge in [0.2, 0.25) is 23.6 Å². The minimum absolute atomic E-state index is 0.0113. The van der Waals surface area contributed by atoms with Gasteiger partial charge in [0.15, 0.2) is 6.61 Å². The lowest BCUT2D eigenvalue weighted by molar-refractivity contribution is -0.138. The van der Waals surface area contributed by atoms with Crippen molar-refractivity contribution in [1.29, 1.82) is 0 Å². The highest BCUT2D eigenvalue weighted by molar-refractivity contribution is 6.02. The molecule has 8 N–H and O–H groups in total. The SMILES string of the molecule is CNC(=O)[C@@H]1CN(C(=O)c2ccc(C(=O)N3C[C@@H](C(N)=O)[C@H](C(=O)N[C@H]4C[C@@H]4c4ccccc4)C3)cc2OCC(=O)NCC(=O)O)C[C@H]1C(N)=O. The monoisotopic (exact) mass is 705 g/mol. The van der Waals surface area contributed by atoms with Crippen LogP contribution in [0.15, 0.2) is 48.5 Å². The molecule has 17 nitrogen and oxygen atoms in total. The third-order valence-corrected chi connectivity index (χ3v) is 9.47. The number of benzene rings is 2. The fourth-order valence-corrected chi connectivity index (χ4v) is 6.62. The average molecular weight is 706 g/mol. The zero-order chi connectivity index (χ0) is 37.0. The number of likely N-dealkylation sites (tertiary alicyclic amines) is 2. The Morgan fingerprint density at radius 2 is 1.39 bits per heavy atom. The van der Waals surface area contributed by atoms with Gasteiger partial charge < -0.3 is 47.1 Å². The fraction of sp³-hybridized carbons (Fsp3) is 0.412. The Balaban J connectivity index is 1.34. The van der Waals surface area contributed by atoms with Crippen LogP contribution in [0.3, 0.4) is 0 Å². The molecule has 2 aromatic rings. The molecular formula is C34H39N7O10. The number of hydrogen-bond acceptors (Lipinski definition) is 9. The van der Waals surface area contributed by atoms with Gasteiger partial charge in [0, 0.05) is 50.7 Å². The molecule has 51 heavy (non-hydrogen) atoms. The van der Waals surface area contributed by atoms with Crippen LogP contribution in [0, 0.1) is 23.7 Å². The van der Waals surface area contributed by atoms with Gasteiger partial charge in [0.1, 0.15) is 12.3 Å². The number of ether oxygens (including phenoxy) is 1. The summed E-state index contributed by atoms with van der Waals surface area (Å²) in [7, 11) is 1.39. The third kappa shape index (κ3) is 8.25. The van der Waals surface area contributed by atoms with Crippen LogP contribution in [0.1, 0.15) is 38.6 Å². The van der Waals surface area contributed by atoms with Crippen molar-refractivity contribution in [2.75, 3.05) is 46.4 Å². The quantitative estimate of drug-likeness (QED) is 0.134. The summed E-state index contributed by atoms with van der Waals surface area (Å²) in [6, 6.07) is 13.4. The molecule has 0 unspecified atom stereocenters. The number of hydrogen-bond donors (Lipinski definition) is 6. The third-order valence-electron chi connectivity index (χ3n) is 9.47. The van der Waals surface area contributed by atoms with Gasteiger partial charge in [-0.25, -0.2) is 0 Å². The second kappa shape index (κ2) is 15.3. The number of nitrogens with two attached hydrogens (primary N) is 2. The molecule has 0 radical (unpaired) electrons. The first-order chi connectivity index (χ1) is 24.3. The van der Waals surface area contributed by atoms with Gasteiger partial charge >= 0.3 is 5.97 Å². The van der Waals surface area contributed by atoms with Crippen LogP contribution in [0.2, 0.25) is 0 Å². The average Bonchev–Trinajstić information content (AvgIpc) is 3.50. The van der Waals surface area contributed by atoms with Gasteiger partial charge in [-0.15, -0.1) is 0 Å². The van der Waals surface area contributed by atoms with Gasteiger partial charge in [-0.1, -0.05) is 30.3 Å². The standard InChI is InChI=1S/C34H39N7O10/c1-37-31(47)23-14-41(13-21(23)29(35)45)34(50)19-8-7-18(9-26(19)51-16-27(42)38-11-28(43)44)33(49)40-12-22(30(36)46)24(15-40)32(48)39-25-10-20(25)17-5-3-2-4-6-17/h2-9,20-25H,10-16H2,1H3,(H2,35,45)(H2,36,46)(H,37,47)(H,38,42)(H,39,48)(H,43,44)/t20-,21-,22-,23-,24-,25+/m1/s1. The highest BCUT2D eigenvalue weighted by Gasteiger charge is 2.47. The molecule has 0 aromatic heterocycles. The van der Waals surface area contributed by atoms with E-state index in [1.54, 1.807) is 0 Å². The number of rotatable bonds is 13. The van der Waals surface area contributed by atoms with Crippen LogP contribution < -0.4 is 32.2 Å². The van der Waals surface area contributed by atoms with E-state index in [2.05, 4.69) is 16.0 Å². The lowest BCUT2D eigenvalue weighted by Gasteiger charge is -2.20. The largest absolute Gasteiger partial charge is 0.483 e. The molecule has 7 amide bonds. The molecule has 0 spiro atoms. The molecule has 1 aliphatic carbocycles. The van der Waals surface area contributed by atoms with Crippen molar-refractivity contribution in [3.8, 4) is 5.75 Å². The van der Waals surface area contributed by atoms with Crippen LogP contribution in [0.25, 0.3) is 0 Å². The molecule has 6 atom stereocenters. The van der Waals surface area contributed by atoms with E-state index in [0.29, 0.717) is 0 Å². The second-order valence-electron chi connectivity index (χ2n) is 12.8. The van der Waals surface area contributed by atoms with Crippen LogP contribution in [0.4, 0.5) is 0 Å². The van der Waals surface area contributed by atoms with Crippen molar-refractivity contribution in [2.45, 2.75) is 18.4 Å². The number of amides is 7. The van der Waals surface area contributed by atoms with E-state index in [-0.39, 0.29) is 55.0 Å². The van der Waals surface area contributed by atoms with E-state index in [4.69, 9.17) is 21.3 Å². The van der Waals surface area contributed by atoms with Gasteiger partial charge in [-0.2, -0.15) is 0 Å². The molecular weight excluding hydrogens is 666 g/mol. The molecule has 2 saturated heterocycles. The molecule has 2 aliphatic heterocycles. The molecule has 5 rings (SSSR count). The summed E-state index contributed by atoms with van der Waals surface area (Å²) in [5.74, 6) is -9.65. The van der Waals surface area contributed by atoms with Crippen molar-refractivity contribution in [1.82, 2.24) is 25.8 Å². The van der Waals surface area contributed by atoms with E-state index < -0.39 is 84.1 Å². The van der Waals surface area contributed by atoms with Gasteiger partial charge in [0.25, 0.3) is 17.7 Å². The number of nitrogens with one attached hydrogen (secondary N) is 3. The lowest BCUT2D eigenvalue weighted by atomic mass is 9.94. The van der Waals surface area contributed by atoms with Crippen LogP contribution in [-0.2, 0) is 28.8 Å². The second-order valence-corrected chi connectivity index (χ2v) is 12.8. The smallest absolute Gasteiger partial charge is 0.322 e. The minimum Gasteiger partial charge on any atom is -0.483 e. The number of carboxylic acid groups (broad SMARTS) is 1. The summed E-state index contributed by atoms with van der Waals surface area (Å²) in [6.07, 6.45) is 0.738. The summed E-state index contributed by atoms with van der Waals surface area (Å²) in [5, 5.41) is 16.4. The molecule has 270 valence electrons. The Hall–Kier alpha value is -6.00. The normalized spacial score (nSPS) is 23.5. The Morgan fingerprint density at radius 1 is 0.804 bits per heavy atom. The van der Waals surface area contributed by atoms with Gasteiger partial charge in [-0.3, -0.25) is 38.4 Å². The maximum atomic E-state index is 13.8. The van der Waals surface area contributed by atoms with E-state index in [1.807, 2.05) is 30.3 Å². The predicted molar refractivity (Wildman–Crippen MR) is 177 cm³/mol. The Labute approximate surface area is 292 Å². The number of aliphatic carboxylic acids is 1. The summed E-state index contributed by atoms with van der Waals surface area (Å²) < 4.78 is 5.62. The molecule has 3 fully saturated rings. The first-order valence-corrected chi connectivity index (χ1v) is 16.3. The maximum absolute atomic E-state index is 13.8. The summed E-state index contributed by atoms with van der Waals surface area (Å²) in [4.78, 5) is 103. The van der Waals surface area contributed by atoms with E-state index in [1.165, 1.54) is 35.0 Å². The Kier molecular flexibility index (Phi) is 10.9. The fourth-order valence-electron chi connectivity index (χ4n) is 6.62. The number of primary amides is 2. The highest BCUT2D eigenvalue weighted by atomic mass is 16.5. The highest BCUT2D eigenvalue weighted by Crippen LogP contribution is 2.41. The molecule has 3 aliphatic rings. The van der Waals surface area contributed by atoms with Crippen molar-refractivity contribution in [2.24, 2.45) is 35.1 Å². The predicted octanol–water partition coefficient (Wildman–Crippen LogP) is -1.97. The Morgan fingerprint density at radius 3 is 1.98 bits per heavy atom. The zero-order valence-corrected chi connectivity index (χ0v) is 27.7. The van der Waals surface area contributed by atoms with Crippen LogP contribution in [-0.4, -0.2) is 115 Å². The molecule has 0 bridgehead atoms. The van der Waals surface area contributed by atoms with Gasteiger partial charge in [0.05, 0.1) is 29.2 Å². The Bertz CT molecular complexity index is 1750. The van der Waals surface area contributed by atoms with Crippen molar-refractivity contribution in [3.63, 3.8) is 0 Å². The van der Waals surface area contributed by atoms with Crippen molar-refractivity contribution in [3.05, 3.63) is 65.2 Å². The van der Waals surface area contributed by atoms with Crippen molar-refractivity contribution >= 4 is 47.3 Å².